The van der Waals surface area contributed by atoms with Crippen LogP contribution in [0.2, 0.25) is 5.02 Å². The van der Waals surface area contributed by atoms with Crippen LogP contribution in [-0.2, 0) is 0 Å². The summed E-state index contributed by atoms with van der Waals surface area (Å²) in [5, 5.41) is 0.366. The summed E-state index contributed by atoms with van der Waals surface area (Å²) in [5.74, 6) is -0.527. The Kier molecular flexibility index (Phi) is 2.15. The van der Waals surface area contributed by atoms with Crippen LogP contribution < -0.4 is 5.73 Å². The van der Waals surface area contributed by atoms with Crippen molar-refractivity contribution in [2.75, 3.05) is 0 Å². The van der Waals surface area contributed by atoms with Gasteiger partial charge in [0.05, 0.1) is 10.6 Å². The monoisotopic (exact) mass is 168 g/mol. The lowest BCUT2D eigenvalue weighted by Gasteiger charge is -1.99. The molecule has 0 heterocycles. The lowest BCUT2D eigenvalue weighted by Crippen LogP contribution is -2.11. The molecule has 0 bridgehead atoms. The predicted octanol–water partition coefficient (Wildman–Crippen LogP) is 1.62. The summed E-state index contributed by atoms with van der Waals surface area (Å²) in [4.78, 5) is 10.7. The molecule has 0 saturated heterocycles. The number of benzene rings is 1. The average molecular weight is 169 g/mol. The number of hydrogen-bond donors (Lipinski definition) is 1. The molecule has 0 atom stereocenters. The summed E-state index contributed by atoms with van der Waals surface area (Å²) in [6.07, 6.45) is 0. The smallest absolute Gasteiger partial charge is 0.250 e. The van der Waals surface area contributed by atoms with Gasteiger partial charge in [-0.25, -0.2) is 0 Å². The van der Waals surface area contributed by atoms with E-state index in [1.165, 1.54) is 0 Å². The van der Waals surface area contributed by atoms with Gasteiger partial charge in [-0.1, -0.05) is 17.7 Å². The van der Waals surface area contributed by atoms with Crippen LogP contribution in [0, 0.1) is 6.92 Å². The zero-order chi connectivity index (χ0) is 8.43. The van der Waals surface area contributed by atoms with Gasteiger partial charge in [0, 0.05) is 0 Å². The minimum Gasteiger partial charge on any atom is -0.366 e. The van der Waals surface area contributed by atoms with Crippen LogP contribution in [0.5, 0.6) is 0 Å². The standard InChI is InChI=1S/C8H7ClNO/c1-5-2-3-7(9)6(4-5)8(10)11/h2-4H,1H2,(H2,10,11). The number of halogens is 1. The minimum absolute atomic E-state index is 0.319. The number of rotatable bonds is 1. The quantitative estimate of drug-likeness (QED) is 0.681. The Bertz CT molecular complexity index is 296. The molecule has 57 valence electrons. The maximum atomic E-state index is 10.7. The molecule has 0 aliphatic rings. The Balaban J connectivity index is 3.23. The highest BCUT2D eigenvalue weighted by molar-refractivity contribution is 6.33. The van der Waals surface area contributed by atoms with Gasteiger partial charge in [0.15, 0.2) is 0 Å². The number of amides is 1. The third-order valence-electron chi connectivity index (χ3n) is 1.30. The Morgan fingerprint density at radius 1 is 1.55 bits per heavy atom. The molecule has 1 amide bonds. The van der Waals surface area contributed by atoms with Crippen molar-refractivity contribution in [1.29, 1.82) is 0 Å². The number of carbonyl (C=O) groups excluding carboxylic acids is 1. The van der Waals surface area contributed by atoms with Crippen molar-refractivity contribution in [3.63, 3.8) is 0 Å². The molecule has 1 radical (unpaired) electrons. The molecule has 0 aliphatic carbocycles. The highest BCUT2D eigenvalue weighted by atomic mass is 35.5. The zero-order valence-electron chi connectivity index (χ0n) is 5.80. The SMILES string of the molecule is [CH2]c1ccc(Cl)c(C(N)=O)c1. The van der Waals surface area contributed by atoms with Crippen molar-refractivity contribution in [2.45, 2.75) is 0 Å². The molecule has 0 spiro atoms. The van der Waals surface area contributed by atoms with Crippen LogP contribution in [0.4, 0.5) is 0 Å². The first kappa shape index (κ1) is 8.08. The maximum Gasteiger partial charge on any atom is 0.250 e. The molecule has 1 aromatic rings. The molecular formula is C8H7ClNO. The van der Waals surface area contributed by atoms with Crippen LogP contribution in [0.3, 0.4) is 0 Å². The van der Waals surface area contributed by atoms with Crippen LogP contribution in [0.25, 0.3) is 0 Å². The van der Waals surface area contributed by atoms with Crippen LogP contribution in [0.1, 0.15) is 15.9 Å². The summed E-state index contributed by atoms with van der Waals surface area (Å²) in [6, 6.07) is 4.88. The van der Waals surface area contributed by atoms with Gasteiger partial charge in [0.1, 0.15) is 0 Å². The molecule has 11 heavy (non-hydrogen) atoms. The minimum atomic E-state index is -0.527. The van der Waals surface area contributed by atoms with Gasteiger partial charge in [-0.15, -0.1) is 0 Å². The summed E-state index contributed by atoms with van der Waals surface area (Å²) in [5.41, 5.74) is 6.08. The molecule has 0 unspecified atom stereocenters. The first-order chi connectivity index (χ1) is 5.11. The van der Waals surface area contributed by atoms with Crippen molar-refractivity contribution >= 4 is 17.5 Å². The van der Waals surface area contributed by atoms with Gasteiger partial charge in [0.2, 0.25) is 5.91 Å². The zero-order valence-corrected chi connectivity index (χ0v) is 6.56. The Morgan fingerprint density at radius 2 is 2.18 bits per heavy atom. The molecule has 1 rings (SSSR count). The third kappa shape index (κ3) is 1.71. The average Bonchev–Trinajstić information content (AvgIpc) is 1.94. The van der Waals surface area contributed by atoms with Gasteiger partial charge >= 0.3 is 0 Å². The molecule has 0 aliphatic heterocycles. The van der Waals surface area contributed by atoms with Crippen LogP contribution in [-0.4, -0.2) is 5.91 Å². The molecule has 2 nitrogen and oxygen atoms in total. The second-order valence-corrected chi connectivity index (χ2v) is 2.59. The van der Waals surface area contributed by atoms with Crippen molar-refractivity contribution < 1.29 is 4.79 Å². The van der Waals surface area contributed by atoms with Gasteiger partial charge in [-0.3, -0.25) is 4.79 Å². The van der Waals surface area contributed by atoms with Crippen molar-refractivity contribution in [2.24, 2.45) is 5.73 Å². The fourth-order valence-electron chi connectivity index (χ4n) is 0.761. The fourth-order valence-corrected chi connectivity index (χ4v) is 0.972. The van der Waals surface area contributed by atoms with E-state index in [1.54, 1.807) is 18.2 Å². The van der Waals surface area contributed by atoms with Crippen LogP contribution in [0.15, 0.2) is 18.2 Å². The molecule has 0 saturated carbocycles. The largest absolute Gasteiger partial charge is 0.366 e. The summed E-state index contributed by atoms with van der Waals surface area (Å²) in [6.45, 7) is 3.64. The lowest BCUT2D eigenvalue weighted by atomic mass is 10.1. The second-order valence-electron chi connectivity index (χ2n) is 2.18. The van der Waals surface area contributed by atoms with Gasteiger partial charge in [0.25, 0.3) is 0 Å². The first-order valence-corrected chi connectivity index (χ1v) is 3.40. The molecular weight excluding hydrogens is 162 g/mol. The Hall–Kier alpha value is -1.02. The second kappa shape index (κ2) is 2.93. The Labute approximate surface area is 70.0 Å². The molecule has 3 heteroatoms. The number of nitrogens with two attached hydrogens (primary N) is 1. The van der Waals surface area contributed by atoms with E-state index >= 15 is 0 Å². The van der Waals surface area contributed by atoms with Crippen molar-refractivity contribution in [3.8, 4) is 0 Å². The van der Waals surface area contributed by atoms with E-state index in [2.05, 4.69) is 6.92 Å². The summed E-state index contributed by atoms with van der Waals surface area (Å²) >= 11 is 5.66. The molecule has 0 aromatic heterocycles. The van der Waals surface area contributed by atoms with Crippen LogP contribution >= 0.6 is 11.6 Å². The van der Waals surface area contributed by atoms with E-state index in [-0.39, 0.29) is 0 Å². The number of primary amides is 1. The summed E-state index contributed by atoms with van der Waals surface area (Å²) in [7, 11) is 0. The third-order valence-corrected chi connectivity index (χ3v) is 1.63. The van der Waals surface area contributed by atoms with Gasteiger partial charge in [-0.05, 0) is 24.6 Å². The first-order valence-electron chi connectivity index (χ1n) is 3.02. The highest BCUT2D eigenvalue weighted by Gasteiger charge is 2.04. The van der Waals surface area contributed by atoms with Gasteiger partial charge < -0.3 is 5.73 Å². The van der Waals surface area contributed by atoms with E-state index in [4.69, 9.17) is 17.3 Å². The number of carbonyl (C=O) groups is 1. The Morgan fingerprint density at radius 3 is 2.64 bits per heavy atom. The number of hydrogen-bond acceptors (Lipinski definition) is 1. The van der Waals surface area contributed by atoms with Crippen molar-refractivity contribution in [3.05, 3.63) is 41.3 Å². The van der Waals surface area contributed by atoms with E-state index in [0.717, 1.165) is 5.56 Å². The van der Waals surface area contributed by atoms with E-state index in [1.807, 2.05) is 0 Å². The van der Waals surface area contributed by atoms with Gasteiger partial charge in [-0.2, -0.15) is 0 Å². The molecule has 2 N–H and O–H groups in total. The highest BCUT2D eigenvalue weighted by Crippen LogP contribution is 2.16. The predicted molar refractivity (Wildman–Crippen MR) is 44.4 cm³/mol. The topological polar surface area (TPSA) is 43.1 Å². The lowest BCUT2D eigenvalue weighted by molar-refractivity contribution is 0.100. The van der Waals surface area contributed by atoms with Crippen molar-refractivity contribution in [1.82, 2.24) is 0 Å². The van der Waals surface area contributed by atoms with E-state index < -0.39 is 5.91 Å². The normalized spacial score (nSPS) is 9.64. The maximum absolute atomic E-state index is 10.7. The molecule has 1 aromatic carbocycles. The van der Waals surface area contributed by atoms with E-state index in [9.17, 15) is 4.79 Å². The summed E-state index contributed by atoms with van der Waals surface area (Å²) < 4.78 is 0. The van der Waals surface area contributed by atoms with E-state index in [0.29, 0.717) is 10.6 Å². The molecule has 0 fully saturated rings. The fraction of sp³-hybridized carbons (Fsp3) is 0.